The van der Waals surface area contributed by atoms with Crippen LogP contribution >= 0.6 is 0 Å². The molecular weight excluding hydrogens is 350 g/mol. The monoisotopic (exact) mass is 375 g/mol. The minimum absolute atomic E-state index is 0.174. The predicted molar refractivity (Wildman–Crippen MR) is 112 cm³/mol. The van der Waals surface area contributed by atoms with E-state index >= 15 is 0 Å². The van der Waals surface area contributed by atoms with Crippen molar-refractivity contribution in [1.82, 2.24) is 15.3 Å². The molecule has 0 aliphatic carbocycles. The number of furan rings is 1. The van der Waals surface area contributed by atoms with Crippen LogP contribution in [0.5, 0.6) is 0 Å². The van der Waals surface area contributed by atoms with Gasteiger partial charge in [-0.2, -0.15) is 0 Å². The summed E-state index contributed by atoms with van der Waals surface area (Å²) in [4.78, 5) is 20.0. The van der Waals surface area contributed by atoms with E-state index in [4.69, 9.17) is 4.42 Å². The molecule has 0 unspecified atom stereocenters. The van der Waals surface area contributed by atoms with Crippen LogP contribution in [-0.4, -0.2) is 9.97 Å². The van der Waals surface area contributed by atoms with Crippen molar-refractivity contribution in [2.45, 2.75) is 39.8 Å². The van der Waals surface area contributed by atoms with Gasteiger partial charge in [0.1, 0.15) is 16.9 Å². The Balaban J connectivity index is 1.62. The highest BCUT2D eigenvalue weighted by molar-refractivity contribution is 6.01. The molecule has 2 aromatic carbocycles. The zero-order valence-corrected chi connectivity index (χ0v) is 16.5. The number of benzene rings is 2. The van der Waals surface area contributed by atoms with Gasteiger partial charge in [-0.05, 0) is 35.6 Å². The Morgan fingerprint density at radius 2 is 1.86 bits per heavy atom. The summed E-state index contributed by atoms with van der Waals surface area (Å²) in [5, 5.41) is 4.42. The molecule has 0 aliphatic rings. The van der Waals surface area contributed by atoms with E-state index in [1.54, 1.807) is 0 Å². The Kier molecular flexibility index (Phi) is 5.01. The second-order valence-corrected chi connectivity index (χ2v) is 7.49. The van der Waals surface area contributed by atoms with Crippen LogP contribution < -0.4 is 10.9 Å². The largest absolute Gasteiger partial charge is 0.449 e. The highest BCUT2D eigenvalue weighted by Gasteiger charge is 2.17. The lowest BCUT2D eigenvalue weighted by atomic mass is 9.95. The van der Waals surface area contributed by atoms with Crippen molar-refractivity contribution in [2.75, 3.05) is 0 Å². The number of aromatic amines is 1. The maximum atomic E-state index is 12.5. The van der Waals surface area contributed by atoms with Crippen LogP contribution in [0.25, 0.3) is 22.1 Å². The van der Waals surface area contributed by atoms with Gasteiger partial charge in [-0.1, -0.05) is 57.2 Å². The summed E-state index contributed by atoms with van der Waals surface area (Å²) >= 11 is 0. The van der Waals surface area contributed by atoms with E-state index in [9.17, 15) is 4.79 Å². The van der Waals surface area contributed by atoms with Gasteiger partial charge in [-0.25, -0.2) is 4.98 Å². The van der Waals surface area contributed by atoms with Gasteiger partial charge in [-0.15, -0.1) is 0 Å². The number of H-pyrrole nitrogens is 1. The van der Waals surface area contributed by atoms with Crippen LogP contribution in [0.1, 0.15) is 43.8 Å². The Morgan fingerprint density at radius 1 is 1.11 bits per heavy atom. The topological polar surface area (TPSA) is 70.9 Å². The molecule has 0 saturated heterocycles. The highest BCUT2D eigenvalue weighted by atomic mass is 16.3. The quantitative estimate of drug-likeness (QED) is 0.512. The van der Waals surface area contributed by atoms with Gasteiger partial charge >= 0.3 is 0 Å². The Morgan fingerprint density at radius 3 is 2.57 bits per heavy atom. The van der Waals surface area contributed by atoms with E-state index in [0.717, 1.165) is 11.8 Å². The predicted octanol–water partition coefficient (Wildman–Crippen LogP) is 4.72. The lowest BCUT2D eigenvalue weighted by Crippen LogP contribution is -2.27. The molecule has 4 aromatic rings. The Hall–Kier alpha value is -2.92. The van der Waals surface area contributed by atoms with Crippen LogP contribution in [0.2, 0.25) is 0 Å². The number of nitrogens with one attached hydrogen (secondary N) is 2. The van der Waals surface area contributed by atoms with Gasteiger partial charge in [-0.3, -0.25) is 4.79 Å². The number of hydrogen-bond donors (Lipinski definition) is 2. The minimum atomic E-state index is -0.244. The van der Waals surface area contributed by atoms with Crippen molar-refractivity contribution < 1.29 is 4.42 Å². The first kappa shape index (κ1) is 18.4. The van der Waals surface area contributed by atoms with Crippen molar-refractivity contribution in [2.24, 2.45) is 5.92 Å². The molecule has 5 nitrogen and oxygen atoms in total. The molecule has 28 heavy (non-hydrogen) atoms. The van der Waals surface area contributed by atoms with Crippen molar-refractivity contribution >= 4 is 22.1 Å². The van der Waals surface area contributed by atoms with Gasteiger partial charge < -0.3 is 14.7 Å². The first-order valence-electron chi connectivity index (χ1n) is 9.79. The van der Waals surface area contributed by atoms with Crippen molar-refractivity contribution in [3.05, 3.63) is 75.8 Å². The summed E-state index contributed by atoms with van der Waals surface area (Å²) in [6, 6.07) is 16.5. The number of aromatic nitrogens is 2. The second-order valence-electron chi connectivity index (χ2n) is 7.49. The molecule has 0 spiro atoms. The molecule has 0 bridgehead atoms. The van der Waals surface area contributed by atoms with Crippen molar-refractivity contribution in [3.63, 3.8) is 0 Å². The fourth-order valence-corrected chi connectivity index (χ4v) is 3.64. The molecule has 2 N–H and O–H groups in total. The maximum Gasteiger partial charge on any atom is 0.294 e. The number of fused-ring (bicyclic) bond motifs is 3. The third-order valence-electron chi connectivity index (χ3n) is 5.18. The molecule has 0 saturated carbocycles. The minimum Gasteiger partial charge on any atom is -0.449 e. The molecule has 2 heterocycles. The average Bonchev–Trinajstić information content (AvgIpc) is 3.08. The van der Waals surface area contributed by atoms with Gasteiger partial charge in [0.2, 0.25) is 5.58 Å². The fourth-order valence-electron chi connectivity index (χ4n) is 3.64. The van der Waals surface area contributed by atoms with E-state index in [1.807, 2.05) is 24.3 Å². The second kappa shape index (κ2) is 7.60. The first-order valence-corrected chi connectivity index (χ1v) is 9.79. The van der Waals surface area contributed by atoms with Crippen LogP contribution in [0.15, 0.2) is 57.7 Å². The van der Waals surface area contributed by atoms with Crippen LogP contribution in [0, 0.1) is 5.92 Å². The maximum absolute atomic E-state index is 12.5. The summed E-state index contributed by atoms with van der Waals surface area (Å²) < 4.78 is 5.67. The number of rotatable bonds is 6. The zero-order valence-electron chi connectivity index (χ0n) is 16.5. The first-order chi connectivity index (χ1) is 13.6. The number of hydrogen-bond acceptors (Lipinski definition) is 4. The number of nitrogens with zero attached hydrogens (tertiary/aromatic N) is 1. The molecule has 144 valence electrons. The van der Waals surface area contributed by atoms with E-state index < -0.39 is 0 Å². The van der Waals surface area contributed by atoms with E-state index in [-0.39, 0.29) is 17.2 Å². The number of para-hydroxylation sites is 1. The average molecular weight is 375 g/mol. The lowest BCUT2D eigenvalue weighted by Gasteiger charge is -2.23. The van der Waals surface area contributed by atoms with Crippen LogP contribution in [0.3, 0.4) is 0 Å². The van der Waals surface area contributed by atoms with Crippen molar-refractivity contribution in [1.29, 1.82) is 0 Å². The zero-order chi connectivity index (χ0) is 19.7. The molecule has 4 rings (SSSR count). The molecule has 0 aliphatic heterocycles. The van der Waals surface area contributed by atoms with Gasteiger partial charge in [0.25, 0.3) is 5.56 Å². The highest BCUT2D eigenvalue weighted by Crippen LogP contribution is 2.25. The molecule has 1 atom stereocenters. The van der Waals surface area contributed by atoms with E-state index in [1.165, 1.54) is 11.1 Å². The summed E-state index contributed by atoms with van der Waals surface area (Å²) in [7, 11) is 0. The van der Waals surface area contributed by atoms with E-state index in [2.05, 4.69) is 60.3 Å². The molecular formula is C23H25N3O2. The normalized spacial score (nSPS) is 12.9. The Labute approximate surface area is 163 Å². The van der Waals surface area contributed by atoms with Crippen LogP contribution in [0.4, 0.5) is 0 Å². The van der Waals surface area contributed by atoms with E-state index in [0.29, 0.717) is 29.4 Å². The standard InChI is InChI=1S/C23H25N3O2/c1-4-15-9-11-16(12-10-15)20(14(2)3)24-13-19-25-21-17-7-5-6-8-18(17)28-22(21)23(27)26-19/h5-12,14,20,24H,4,13H2,1-3H3,(H,25,26,27)/t20-/m0/s1. The summed E-state index contributed by atoms with van der Waals surface area (Å²) in [5.74, 6) is 1.01. The molecule has 0 amide bonds. The van der Waals surface area contributed by atoms with Crippen LogP contribution in [-0.2, 0) is 13.0 Å². The summed E-state index contributed by atoms with van der Waals surface area (Å²) in [6.07, 6.45) is 1.03. The molecule has 0 radical (unpaired) electrons. The van der Waals surface area contributed by atoms with Gasteiger partial charge in [0.15, 0.2) is 0 Å². The van der Waals surface area contributed by atoms with Gasteiger partial charge in [0, 0.05) is 11.4 Å². The lowest BCUT2D eigenvalue weighted by molar-refractivity contribution is 0.406. The third kappa shape index (κ3) is 3.45. The third-order valence-corrected chi connectivity index (χ3v) is 5.18. The molecule has 5 heteroatoms. The van der Waals surface area contributed by atoms with Gasteiger partial charge in [0.05, 0.1) is 6.54 Å². The smallest absolute Gasteiger partial charge is 0.294 e. The SMILES string of the molecule is CCc1ccc([C@@H](NCc2nc3c(oc4ccccc43)c(=O)[nH]2)C(C)C)cc1. The summed E-state index contributed by atoms with van der Waals surface area (Å²) in [5.41, 5.74) is 3.90. The molecule has 2 aromatic heterocycles. The number of aryl methyl sites for hydroxylation is 1. The van der Waals surface area contributed by atoms with Crippen molar-refractivity contribution in [3.8, 4) is 0 Å². The Bertz CT molecular complexity index is 1160. The summed E-state index contributed by atoms with van der Waals surface area (Å²) in [6.45, 7) is 7.01. The molecule has 0 fully saturated rings. The fraction of sp³-hybridized carbons (Fsp3) is 0.304.